The van der Waals surface area contributed by atoms with E-state index in [2.05, 4.69) is 89.3 Å². The Bertz CT molecular complexity index is 1880. The highest BCUT2D eigenvalue weighted by molar-refractivity contribution is 7.80. The van der Waals surface area contributed by atoms with Crippen LogP contribution < -0.4 is 10.6 Å². The fourth-order valence-electron chi connectivity index (χ4n) is 5.58. The van der Waals surface area contributed by atoms with Crippen LogP contribution in [0.2, 0.25) is 0 Å². The van der Waals surface area contributed by atoms with Gasteiger partial charge in [-0.3, -0.25) is 4.99 Å². The number of aliphatic imine (C=N–C) groups is 1. The SMILES string of the molecule is Cc1[nH]c2ccccc2c1C1=Nc2c(c3cc(NC(=S)Nc4ccccc4)ccc3c3ccccc23)C1. The van der Waals surface area contributed by atoms with Gasteiger partial charge >= 0.3 is 0 Å². The van der Waals surface area contributed by atoms with Crippen LogP contribution in [0.15, 0.2) is 102 Å². The molecule has 0 saturated heterocycles. The van der Waals surface area contributed by atoms with E-state index in [1.165, 1.54) is 38.1 Å². The normalized spacial score (nSPS) is 12.6. The zero-order chi connectivity index (χ0) is 24.9. The lowest BCUT2D eigenvalue weighted by Gasteiger charge is -2.14. The molecule has 0 bridgehead atoms. The fraction of sp³-hybridized carbons (Fsp3) is 0.0625. The number of benzene rings is 5. The van der Waals surface area contributed by atoms with Crippen molar-refractivity contribution in [2.75, 3.05) is 10.6 Å². The molecule has 2 heterocycles. The molecular weight excluding hydrogens is 472 g/mol. The third kappa shape index (κ3) is 3.67. The largest absolute Gasteiger partial charge is 0.358 e. The van der Waals surface area contributed by atoms with Crippen molar-refractivity contribution in [2.45, 2.75) is 13.3 Å². The van der Waals surface area contributed by atoms with E-state index in [-0.39, 0.29) is 0 Å². The van der Waals surface area contributed by atoms with Crippen LogP contribution in [0, 0.1) is 6.92 Å². The van der Waals surface area contributed by atoms with Gasteiger partial charge in [0, 0.05) is 45.3 Å². The Kier molecular flexibility index (Phi) is 5.05. The molecule has 5 aromatic carbocycles. The Hall–Kier alpha value is -4.48. The molecular formula is C32H24N4S. The highest BCUT2D eigenvalue weighted by Crippen LogP contribution is 2.44. The molecule has 0 radical (unpaired) electrons. The number of aromatic nitrogens is 1. The quantitative estimate of drug-likeness (QED) is 0.171. The number of para-hydroxylation sites is 2. The molecule has 0 saturated carbocycles. The van der Waals surface area contributed by atoms with Crippen molar-refractivity contribution in [2.24, 2.45) is 4.99 Å². The lowest BCUT2D eigenvalue weighted by molar-refractivity contribution is 1.28. The van der Waals surface area contributed by atoms with Crippen molar-refractivity contribution >= 4 is 72.6 Å². The first-order valence-electron chi connectivity index (χ1n) is 12.4. The summed E-state index contributed by atoms with van der Waals surface area (Å²) in [5.74, 6) is 0. The maximum absolute atomic E-state index is 5.60. The molecule has 5 heteroatoms. The summed E-state index contributed by atoms with van der Waals surface area (Å²) >= 11 is 5.60. The van der Waals surface area contributed by atoms with Crippen molar-refractivity contribution < 1.29 is 0 Å². The Morgan fingerprint density at radius 3 is 2.24 bits per heavy atom. The van der Waals surface area contributed by atoms with Crippen LogP contribution in [0.25, 0.3) is 32.4 Å². The van der Waals surface area contributed by atoms with Gasteiger partial charge < -0.3 is 15.6 Å². The van der Waals surface area contributed by atoms with E-state index in [0.717, 1.165) is 40.4 Å². The first kappa shape index (κ1) is 21.8. The number of thiocarbonyl (C=S) groups is 1. The van der Waals surface area contributed by atoms with Crippen molar-refractivity contribution in [1.82, 2.24) is 4.98 Å². The molecule has 0 unspecified atom stereocenters. The van der Waals surface area contributed by atoms with E-state index in [1.54, 1.807) is 0 Å². The lowest BCUT2D eigenvalue weighted by atomic mass is 9.93. The summed E-state index contributed by atoms with van der Waals surface area (Å²) in [5.41, 5.74) is 8.88. The summed E-state index contributed by atoms with van der Waals surface area (Å²) in [6, 6.07) is 33.5. The van der Waals surface area contributed by atoms with Crippen LogP contribution in [0.1, 0.15) is 16.8 Å². The number of nitrogens with zero attached hydrogens (tertiary/aromatic N) is 1. The lowest BCUT2D eigenvalue weighted by Crippen LogP contribution is -2.18. The molecule has 1 aliphatic rings. The van der Waals surface area contributed by atoms with Crippen LogP contribution in [0.3, 0.4) is 0 Å². The number of hydrogen-bond donors (Lipinski definition) is 3. The molecule has 0 atom stereocenters. The summed E-state index contributed by atoms with van der Waals surface area (Å²) in [6.45, 7) is 2.14. The monoisotopic (exact) mass is 496 g/mol. The van der Waals surface area contributed by atoms with Gasteiger partial charge in [0.1, 0.15) is 0 Å². The van der Waals surface area contributed by atoms with Gasteiger partial charge in [-0.1, -0.05) is 66.7 Å². The van der Waals surface area contributed by atoms with Crippen molar-refractivity contribution in [3.05, 3.63) is 114 Å². The van der Waals surface area contributed by atoms with Gasteiger partial charge in [0.05, 0.1) is 11.4 Å². The number of nitrogens with one attached hydrogen (secondary N) is 3. The number of rotatable bonds is 3. The number of hydrogen-bond acceptors (Lipinski definition) is 2. The fourth-order valence-corrected chi connectivity index (χ4v) is 5.81. The first-order valence-corrected chi connectivity index (χ1v) is 12.8. The molecule has 7 rings (SSSR count). The minimum Gasteiger partial charge on any atom is -0.358 e. The number of fused-ring (bicyclic) bond motifs is 7. The molecule has 0 fully saturated rings. The molecule has 4 nitrogen and oxygen atoms in total. The predicted octanol–water partition coefficient (Wildman–Crippen LogP) is 8.27. The molecule has 1 aliphatic heterocycles. The second-order valence-corrected chi connectivity index (χ2v) is 9.89. The predicted molar refractivity (Wildman–Crippen MR) is 161 cm³/mol. The van der Waals surface area contributed by atoms with Crippen molar-refractivity contribution in [3.63, 3.8) is 0 Å². The van der Waals surface area contributed by atoms with Crippen LogP contribution in [0.5, 0.6) is 0 Å². The number of anilines is 2. The van der Waals surface area contributed by atoms with E-state index < -0.39 is 0 Å². The summed E-state index contributed by atoms with van der Waals surface area (Å²) in [4.78, 5) is 8.81. The van der Waals surface area contributed by atoms with E-state index in [9.17, 15) is 0 Å². The maximum Gasteiger partial charge on any atom is 0.175 e. The maximum atomic E-state index is 5.60. The smallest absolute Gasteiger partial charge is 0.175 e. The summed E-state index contributed by atoms with van der Waals surface area (Å²) in [6.07, 6.45) is 0.787. The average molecular weight is 497 g/mol. The third-order valence-corrected chi connectivity index (χ3v) is 7.37. The van der Waals surface area contributed by atoms with Crippen LogP contribution in [-0.4, -0.2) is 15.8 Å². The Balaban J connectivity index is 1.33. The Morgan fingerprint density at radius 1 is 0.730 bits per heavy atom. The second-order valence-electron chi connectivity index (χ2n) is 9.48. The number of aryl methyl sites for hydroxylation is 1. The molecule has 0 aliphatic carbocycles. The van der Waals surface area contributed by atoms with E-state index in [1.807, 2.05) is 30.3 Å². The van der Waals surface area contributed by atoms with Gasteiger partial charge in [0.2, 0.25) is 0 Å². The average Bonchev–Trinajstić information content (AvgIpc) is 3.50. The van der Waals surface area contributed by atoms with Gasteiger partial charge in [0.15, 0.2) is 5.11 Å². The molecule has 6 aromatic rings. The van der Waals surface area contributed by atoms with Gasteiger partial charge in [-0.2, -0.15) is 0 Å². The summed E-state index contributed by atoms with van der Waals surface area (Å²) in [5, 5.41) is 13.3. The van der Waals surface area contributed by atoms with E-state index in [0.29, 0.717) is 5.11 Å². The van der Waals surface area contributed by atoms with E-state index in [4.69, 9.17) is 17.2 Å². The Morgan fingerprint density at radius 2 is 1.41 bits per heavy atom. The second kappa shape index (κ2) is 8.57. The molecule has 0 spiro atoms. The highest BCUT2D eigenvalue weighted by atomic mass is 32.1. The van der Waals surface area contributed by atoms with Crippen molar-refractivity contribution in [3.8, 4) is 0 Å². The zero-order valence-electron chi connectivity index (χ0n) is 20.3. The van der Waals surface area contributed by atoms with Crippen LogP contribution in [0.4, 0.5) is 17.1 Å². The summed E-state index contributed by atoms with van der Waals surface area (Å²) < 4.78 is 0. The zero-order valence-corrected chi connectivity index (χ0v) is 21.1. The van der Waals surface area contributed by atoms with E-state index >= 15 is 0 Å². The minimum absolute atomic E-state index is 0.564. The topological polar surface area (TPSA) is 52.2 Å². The molecule has 37 heavy (non-hydrogen) atoms. The molecule has 1 aromatic heterocycles. The third-order valence-electron chi connectivity index (χ3n) is 7.17. The Labute approximate surface area is 220 Å². The molecule has 3 N–H and O–H groups in total. The van der Waals surface area contributed by atoms with Crippen LogP contribution in [-0.2, 0) is 6.42 Å². The molecule has 0 amide bonds. The van der Waals surface area contributed by atoms with Crippen LogP contribution >= 0.6 is 12.2 Å². The van der Waals surface area contributed by atoms with Gasteiger partial charge in [-0.25, -0.2) is 0 Å². The number of H-pyrrole nitrogens is 1. The highest BCUT2D eigenvalue weighted by Gasteiger charge is 2.25. The molecule has 178 valence electrons. The summed E-state index contributed by atoms with van der Waals surface area (Å²) in [7, 11) is 0. The number of aromatic amines is 1. The van der Waals surface area contributed by atoms with Gasteiger partial charge in [0.25, 0.3) is 0 Å². The van der Waals surface area contributed by atoms with Gasteiger partial charge in [-0.15, -0.1) is 0 Å². The standard InChI is InChI=1S/C32H24N4S/c1-19-30(25-13-7-8-14-28(25)33-19)29-18-27-26-17-21(35-32(37)34-20-9-3-2-4-10-20)15-16-23(26)22-11-5-6-12-24(22)31(27)36-29/h2-17,33H,18H2,1H3,(H2,34,35,37). The van der Waals surface area contributed by atoms with Crippen molar-refractivity contribution in [1.29, 1.82) is 0 Å². The van der Waals surface area contributed by atoms with Gasteiger partial charge in [-0.05, 0) is 71.2 Å². The minimum atomic E-state index is 0.564. The first-order chi connectivity index (χ1) is 18.2.